The maximum atomic E-state index is 12.8. The Morgan fingerprint density at radius 3 is 2.53 bits per heavy atom. The van der Waals surface area contributed by atoms with Gasteiger partial charge in [0.1, 0.15) is 23.1 Å². The summed E-state index contributed by atoms with van der Waals surface area (Å²) in [6.07, 6.45) is 3.58. The molecule has 4 aromatic rings. The van der Waals surface area contributed by atoms with Crippen molar-refractivity contribution in [3.8, 4) is 17.1 Å². The number of furan rings is 1. The highest BCUT2D eigenvalue weighted by Gasteiger charge is 2.21. The van der Waals surface area contributed by atoms with Crippen LogP contribution in [-0.4, -0.2) is 41.7 Å². The lowest BCUT2D eigenvalue weighted by Crippen LogP contribution is -2.36. The first-order valence-corrected chi connectivity index (χ1v) is 12.6. The van der Waals surface area contributed by atoms with Crippen molar-refractivity contribution in [1.29, 1.82) is 0 Å². The van der Waals surface area contributed by atoms with E-state index in [0.717, 1.165) is 48.8 Å². The zero-order chi connectivity index (χ0) is 26.5. The molecule has 0 saturated carbocycles. The highest BCUT2D eigenvalue weighted by molar-refractivity contribution is 6.04. The monoisotopic (exact) mass is 511 g/mol. The summed E-state index contributed by atoms with van der Waals surface area (Å²) in [7, 11) is 0. The molecule has 0 aliphatic carbocycles. The number of carboxylic acids is 1. The number of anilines is 2. The third-order valence-corrected chi connectivity index (χ3v) is 6.66. The van der Waals surface area contributed by atoms with Crippen molar-refractivity contribution in [2.45, 2.75) is 19.8 Å². The number of aromatic carboxylic acids is 1. The van der Waals surface area contributed by atoms with Crippen LogP contribution in [-0.2, 0) is 0 Å². The van der Waals surface area contributed by atoms with E-state index in [0.29, 0.717) is 29.5 Å². The summed E-state index contributed by atoms with van der Waals surface area (Å²) in [6, 6.07) is 21.5. The van der Waals surface area contributed by atoms with E-state index in [1.165, 1.54) is 0 Å². The average Bonchev–Trinajstić information content (AvgIpc) is 3.39. The number of aryl methyl sites for hydroxylation is 1. The molecule has 1 saturated heterocycles. The zero-order valence-electron chi connectivity index (χ0n) is 21.1. The van der Waals surface area contributed by atoms with Gasteiger partial charge >= 0.3 is 5.97 Å². The van der Waals surface area contributed by atoms with E-state index < -0.39 is 5.97 Å². The minimum Gasteiger partial charge on any atom is -0.493 e. The molecule has 0 atom stereocenters. The molecule has 8 nitrogen and oxygen atoms in total. The highest BCUT2D eigenvalue weighted by Crippen LogP contribution is 2.25. The fraction of sp³-hybridized carbons (Fsp3) is 0.233. The fourth-order valence-corrected chi connectivity index (χ4v) is 4.52. The number of carbonyl (C=O) groups excluding carboxylic acids is 1. The molecule has 38 heavy (non-hydrogen) atoms. The number of piperidine rings is 1. The van der Waals surface area contributed by atoms with E-state index in [1.807, 2.05) is 49.4 Å². The fourth-order valence-electron chi connectivity index (χ4n) is 4.52. The molecule has 0 bridgehead atoms. The van der Waals surface area contributed by atoms with Crippen LogP contribution in [0.2, 0.25) is 0 Å². The molecule has 1 amide bonds. The highest BCUT2D eigenvalue weighted by atomic mass is 16.5. The van der Waals surface area contributed by atoms with Gasteiger partial charge in [-0.3, -0.25) is 4.79 Å². The summed E-state index contributed by atoms with van der Waals surface area (Å²) in [5, 5.41) is 12.1. The van der Waals surface area contributed by atoms with Crippen LogP contribution in [0.15, 0.2) is 83.4 Å². The minimum absolute atomic E-state index is 0.209. The van der Waals surface area contributed by atoms with Gasteiger partial charge in [0, 0.05) is 24.2 Å². The minimum atomic E-state index is -0.962. The van der Waals surface area contributed by atoms with E-state index in [-0.39, 0.29) is 11.5 Å². The Hall–Kier alpha value is -4.59. The van der Waals surface area contributed by atoms with Gasteiger partial charge in [-0.1, -0.05) is 18.2 Å². The van der Waals surface area contributed by atoms with Gasteiger partial charge in [0.2, 0.25) is 0 Å². The Labute approximate surface area is 220 Å². The number of aromatic nitrogens is 1. The third-order valence-electron chi connectivity index (χ3n) is 6.66. The number of hydrogen-bond acceptors (Lipinski definition) is 6. The van der Waals surface area contributed by atoms with E-state index >= 15 is 0 Å². The standard InChI is InChI=1S/C30H29N3O5/c1-20-8-10-27(38-20)22-4-2-5-23(16-22)29(34)32-25-9-11-28(31-18-25)33-14-12-21(13-15-33)19-37-26-7-3-6-24(17-26)30(35)36/h2-11,16-18,21H,12-15,19H2,1H3,(H,32,34)(H,35,36). The molecule has 0 radical (unpaired) electrons. The number of nitrogens with zero attached hydrogens (tertiary/aromatic N) is 2. The number of amides is 1. The van der Waals surface area contributed by atoms with Crippen molar-refractivity contribution in [3.05, 3.63) is 95.9 Å². The van der Waals surface area contributed by atoms with Gasteiger partial charge < -0.3 is 24.5 Å². The number of ether oxygens (including phenoxy) is 1. The average molecular weight is 512 g/mol. The third kappa shape index (κ3) is 6.03. The van der Waals surface area contributed by atoms with Gasteiger partial charge in [0.25, 0.3) is 5.91 Å². The van der Waals surface area contributed by atoms with Crippen LogP contribution < -0.4 is 15.0 Å². The summed E-state index contributed by atoms with van der Waals surface area (Å²) in [5.74, 6) is 2.21. The molecular formula is C30H29N3O5. The largest absolute Gasteiger partial charge is 0.493 e. The van der Waals surface area contributed by atoms with Gasteiger partial charge in [0.05, 0.1) is 24.1 Å². The summed E-state index contributed by atoms with van der Waals surface area (Å²) < 4.78 is 11.5. The van der Waals surface area contributed by atoms with Crippen LogP contribution in [0.4, 0.5) is 11.5 Å². The molecule has 5 rings (SSSR count). The van der Waals surface area contributed by atoms with E-state index in [4.69, 9.17) is 14.3 Å². The Balaban J connectivity index is 1.12. The lowest BCUT2D eigenvalue weighted by atomic mass is 9.98. The number of carbonyl (C=O) groups is 2. The lowest BCUT2D eigenvalue weighted by Gasteiger charge is -2.32. The first-order chi connectivity index (χ1) is 18.4. The first kappa shape index (κ1) is 25.1. The molecule has 0 spiro atoms. The van der Waals surface area contributed by atoms with E-state index in [1.54, 1.807) is 36.5 Å². The van der Waals surface area contributed by atoms with Gasteiger partial charge in [-0.2, -0.15) is 0 Å². The van der Waals surface area contributed by atoms with Gasteiger partial charge in [-0.25, -0.2) is 9.78 Å². The Morgan fingerprint density at radius 1 is 1.03 bits per heavy atom. The number of pyridine rings is 1. The zero-order valence-corrected chi connectivity index (χ0v) is 21.1. The van der Waals surface area contributed by atoms with E-state index in [9.17, 15) is 9.59 Å². The smallest absolute Gasteiger partial charge is 0.335 e. The Morgan fingerprint density at radius 2 is 1.82 bits per heavy atom. The molecule has 2 N–H and O–H groups in total. The number of nitrogens with one attached hydrogen (secondary N) is 1. The molecular weight excluding hydrogens is 482 g/mol. The van der Waals surface area contributed by atoms with Crippen molar-refractivity contribution in [2.75, 3.05) is 29.9 Å². The van der Waals surface area contributed by atoms with Crippen molar-refractivity contribution in [2.24, 2.45) is 5.92 Å². The van der Waals surface area contributed by atoms with Crippen molar-refractivity contribution in [1.82, 2.24) is 4.98 Å². The van der Waals surface area contributed by atoms with Crippen LogP contribution in [0.3, 0.4) is 0 Å². The second kappa shape index (κ2) is 11.2. The molecule has 2 aromatic carbocycles. The van der Waals surface area contributed by atoms with Crippen LogP contribution in [0.1, 0.15) is 39.3 Å². The molecule has 1 aliphatic rings. The topological polar surface area (TPSA) is 105 Å². The molecule has 194 valence electrons. The van der Waals surface area contributed by atoms with Crippen LogP contribution >= 0.6 is 0 Å². The maximum absolute atomic E-state index is 12.8. The van der Waals surface area contributed by atoms with Crippen LogP contribution in [0.5, 0.6) is 5.75 Å². The summed E-state index contributed by atoms with van der Waals surface area (Å²) in [6.45, 7) is 4.14. The summed E-state index contributed by atoms with van der Waals surface area (Å²) >= 11 is 0. The second-order valence-corrected chi connectivity index (χ2v) is 9.42. The predicted octanol–water partition coefficient (Wildman–Crippen LogP) is 5.90. The summed E-state index contributed by atoms with van der Waals surface area (Å²) in [5.41, 5.74) is 2.24. The number of carboxylic acid groups (broad SMARTS) is 1. The normalized spacial score (nSPS) is 13.8. The quantitative estimate of drug-likeness (QED) is 0.304. The van der Waals surface area contributed by atoms with Crippen molar-refractivity contribution in [3.63, 3.8) is 0 Å². The van der Waals surface area contributed by atoms with Crippen LogP contribution in [0, 0.1) is 12.8 Å². The molecule has 3 heterocycles. The maximum Gasteiger partial charge on any atom is 0.335 e. The number of hydrogen-bond donors (Lipinski definition) is 2. The molecule has 0 unspecified atom stereocenters. The molecule has 1 fully saturated rings. The number of rotatable bonds is 8. The molecule has 8 heteroatoms. The first-order valence-electron chi connectivity index (χ1n) is 12.6. The Bertz CT molecular complexity index is 1420. The van der Waals surface area contributed by atoms with Crippen molar-refractivity contribution >= 4 is 23.4 Å². The number of benzene rings is 2. The predicted molar refractivity (Wildman–Crippen MR) is 145 cm³/mol. The lowest BCUT2D eigenvalue weighted by molar-refractivity contribution is 0.0696. The van der Waals surface area contributed by atoms with Crippen LogP contribution in [0.25, 0.3) is 11.3 Å². The van der Waals surface area contributed by atoms with Gasteiger partial charge in [-0.15, -0.1) is 0 Å². The second-order valence-electron chi connectivity index (χ2n) is 9.42. The summed E-state index contributed by atoms with van der Waals surface area (Å²) in [4.78, 5) is 30.8. The molecule has 2 aromatic heterocycles. The van der Waals surface area contributed by atoms with Crippen molar-refractivity contribution < 1.29 is 23.8 Å². The van der Waals surface area contributed by atoms with E-state index in [2.05, 4.69) is 15.2 Å². The molecule has 1 aliphatic heterocycles. The van der Waals surface area contributed by atoms with Gasteiger partial charge in [0.15, 0.2) is 0 Å². The SMILES string of the molecule is Cc1ccc(-c2cccc(C(=O)Nc3ccc(N4CCC(COc5cccc(C(=O)O)c5)CC4)nc3)c2)o1. The Kier molecular flexibility index (Phi) is 7.40. The van der Waals surface area contributed by atoms with Gasteiger partial charge in [-0.05, 0) is 80.3 Å².